The van der Waals surface area contributed by atoms with Crippen LogP contribution in [0.15, 0.2) is 42.5 Å². The largest absolute Gasteiger partial charge is 0.368 e. The lowest BCUT2D eigenvalue weighted by molar-refractivity contribution is -0.385. The molecule has 1 aliphatic rings. The number of nitro benzene ring substituents is 1. The minimum atomic E-state index is -0.491. The van der Waals surface area contributed by atoms with Crippen molar-refractivity contribution < 1.29 is 14.5 Å². The van der Waals surface area contributed by atoms with Crippen LogP contribution in [0.5, 0.6) is 0 Å². The molecule has 0 atom stereocenters. The second-order valence-corrected chi connectivity index (χ2v) is 6.93. The Hall–Kier alpha value is -3.42. The van der Waals surface area contributed by atoms with Crippen LogP contribution in [0.3, 0.4) is 0 Å². The molecule has 3 rings (SSSR count). The normalized spacial score (nSPS) is 13.9. The van der Waals surface area contributed by atoms with E-state index in [1.54, 1.807) is 13.0 Å². The van der Waals surface area contributed by atoms with Gasteiger partial charge >= 0.3 is 0 Å². The van der Waals surface area contributed by atoms with Gasteiger partial charge in [-0.25, -0.2) is 0 Å². The van der Waals surface area contributed by atoms with Crippen LogP contribution in [0.4, 0.5) is 17.1 Å². The fourth-order valence-corrected chi connectivity index (χ4v) is 3.46. The lowest BCUT2D eigenvalue weighted by Crippen LogP contribution is -2.48. The molecule has 8 heteroatoms. The first-order valence-corrected chi connectivity index (χ1v) is 9.59. The fraction of sp³-hybridized carbons (Fsp3) is 0.333. The lowest BCUT2D eigenvalue weighted by atomic mass is 10.1. The molecule has 1 aliphatic heterocycles. The molecule has 0 spiro atoms. The molecular formula is C21H24N4O4. The van der Waals surface area contributed by atoms with Gasteiger partial charge < -0.3 is 15.1 Å². The van der Waals surface area contributed by atoms with Gasteiger partial charge in [-0.05, 0) is 37.3 Å². The Labute approximate surface area is 169 Å². The van der Waals surface area contributed by atoms with Crippen LogP contribution in [0.1, 0.15) is 29.3 Å². The number of carbonyl (C=O) groups excluding carboxylic acids is 2. The van der Waals surface area contributed by atoms with Gasteiger partial charge in [0.15, 0.2) is 0 Å². The van der Waals surface area contributed by atoms with Crippen LogP contribution in [0.2, 0.25) is 0 Å². The van der Waals surface area contributed by atoms with E-state index in [0.29, 0.717) is 30.8 Å². The van der Waals surface area contributed by atoms with E-state index < -0.39 is 4.92 Å². The summed E-state index contributed by atoms with van der Waals surface area (Å²) in [6.45, 7) is 6.39. The maximum Gasteiger partial charge on any atom is 0.273 e. The molecular weight excluding hydrogens is 372 g/mol. The van der Waals surface area contributed by atoms with Crippen molar-refractivity contribution in [3.05, 3.63) is 63.7 Å². The van der Waals surface area contributed by atoms with Crippen molar-refractivity contribution in [2.75, 3.05) is 36.4 Å². The van der Waals surface area contributed by atoms with Crippen LogP contribution in [-0.2, 0) is 4.79 Å². The smallest absolute Gasteiger partial charge is 0.273 e. The van der Waals surface area contributed by atoms with E-state index in [4.69, 9.17) is 0 Å². The third kappa shape index (κ3) is 4.53. The van der Waals surface area contributed by atoms with Crippen molar-refractivity contribution in [1.29, 1.82) is 0 Å². The molecule has 0 radical (unpaired) electrons. The van der Waals surface area contributed by atoms with E-state index in [2.05, 4.69) is 10.2 Å². The molecule has 0 bridgehead atoms. The summed E-state index contributed by atoms with van der Waals surface area (Å²) in [5.41, 5.74) is 2.18. The van der Waals surface area contributed by atoms with Crippen molar-refractivity contribution >= 4 is 28.9 Å². The van der Waals surface area contributed by atoms with Crippen LogP contribution < -0.4 is 10.2 Å². The highest BCUT2D eigenvalue weighted by Gasteiger charge is 2.21. The molecule has 2 aromatic rings. The van der Waals surface area contributed by atoms with E-state index in [0.717, 1.165) is 18.8 Å². The number of nitrogens with zero attached hydrogens (tertiary/aromatic N) is 3. The summed E-state index contributed by atoms with van der Waals surface area (Å²) in [5.74, 6) is -0.204. The van der Waals surface area contributed by atoms with Crippen LogP contribution >= 0.6 is 0 Å². The minimum absolute atomic E-state index is 0.0753. The third-order valence-corrected chi connectivity index (χ3v) is 5.17. The first-order chi connectivity index (χ1) is 13.9. The number of rotatable bonds is 5. The van der Waals surface area contributed by atoms with Crippen molar-refractivity contribution in [3.8, 4) is 0 Å². The SMILES string of the molecule is CCC(=O)N1CCN(c2ccc(NC(=O)c3cccc([N+](=O)[O-])c3C)cc2)CC1. The quantitative estimate of drug-likeness (QED) is 0.618. The molecule has 0 unspecified atom stereocenters. The number of benzene rings is 2. The minimum Gasteiger partial charge on any atom is -0.368 e. The molecule has 152 valence electrons. The van der Waals surface area contributed by atoms with Crippen LogP contribution in [-0.4, -0.2) is 47.8 Å². The molecule has 2 amide bonds. The maximum atomic E-state index is 12.5. The summed E-state index contributed by atoms with van der Waals surface area (Å²) in [6, 6.07) is 11.9. The highest BCUT2D eigenvalue weighted by Crippen LogP contribution is 2.23. The molecule has 2 aromatic carbocycles. The van der Waals surface area contributed by atoms with Crippen LogP contribution in [0, 0.1) is 17.0 Å². The van der Waals surface area contributed by atoms with Crippen molar-refractivity contribution in [2.45, 2.75) is 20.3 Å². The molecule has 1 saturated heterocycles. The van der Waals surface area contributed by atoms with Gasteiger partial charge in [0.05, 0.1) is 4.92 Å². The third-order valence-electron chi connectivity index (χ3n) is 5.17. The van der Waals surface area contributed by atoms with Gasteiger partial charge in [-0.2, -0.15) is 0 Å². The van der Waals surface area contributed by atoms with Gasteiger partial charge in [0.2, 0.25) is 5.91 Å². The zero-order valence-corrected chi connectivity index (χ0v) is 16.6. The second kappa shape index (κ2) is 8.72. The summed E-state index contributed by atoms with van der Waals surface area (Å²) in [4.78, 5) is 39.0. The van der Waals surface area contributed by atoms with Crippen LogP contribution in [0.25, 0.3) is 0 Å². The number of carbonyl (C=O) groups is 2. The van der Waals surface area contributed by atoms with E-state index in [9.17, 15) is 19.7 Å². The predicted molar refractivity (Wildman–Crippen MR) is 111 cm³/mol. The number of hydrogen-bond acceptors (Lipinski definition) is 5. The lowest BCUT2D eigenvalue weighted by Gasteiger charge is -2.36. The monoisotopic (exact) mass is 396 g/mol. The van der Waals surface area contributed by atoms with E-state index in [1.807, 2.05) is 36.1 Å². The molecule has 29 heavy (non-hydrogen) atoms. The van der Waals surface area contributed by atoms with Gasteiger partial charge in [-0.15, -0.1) is 0 Å². The number of nitro groups is 1. The van der Waals surface area contributed by atoms with E-state index >= 15 is 0 Å². The summed E-state index contributed by atoms with van der Waals surface area (Å²) < 4.78 is 0. The molecule has 1 heterocycles. The highest BCUT2D eigenvalue weighted by molar-refractivity contribution is 6.05. The predicted octanol–water partition coefficient (Wildman–Crippen LogP) is 3.21. The summed E-state index contributed by atoms with van der Waals surface area (Å²) in [7, 11) is 0. The maximum absolute atomic E-state index is 12.5. The highest BCUT2D eigenvalue weighted by atomic mass is 16.6. The topological polar surface area (TPSA) is 95.8 Å². The first kappa shape index (κ1) is 20.3. The number of anilines is 2. The molecule has 1 fully saturated rings. The van der Waals surface area contributed by atoms with Crippen molar-refractivity contribution in [3.63, 3.8) is 0 Å². The van der Waals surface area contributed by atoms with Crippen molar-refractivity contribution in [1.82, 2.24) is 4.90 Å². The zero-order chi connectivity index (χ0) is 21.0. The van der Waals surface area contributed by atoms with Gasteiger partial charge in [0.25, 0.3) is 11.6 Å². The molecule has 0 saturated carbocycles. The Kier molecular flexibility index (Phi) is 6.11. The van der Waals surface area contributed by atoms with E-state index in [-0.39, 0.29) is 23.1 Å². The summed E-state index contributed by atoms with van der Waals surface area (Å²) in [5, 5.41) is 13.9. The fourth-order valence-electron chi connectivity index (χ4n) is 3.46. The Balaban J connectivity index is 1.64. The average Bonchev–Trinajstić information content (AvgIpc) is 2.73. The van der Waals surface area contributed by atoms with Gasteiger partial charge in [0.1, 0.15) is 0 Å². The molecule has 0 aromatic heterocycles. The zero-order valence-electron chi connectivity index (χ0n) is 16.6. The first-order valence-electron chi connectivity index (χ1n) is 9.59. The summed E-state index contributed by atoms with van der Waals surface area (Å²) in [6.07, 6.45) is 0.526. The number of nitrogens with one attached hydrogen (secondary N) is 1. The Morgan fingerprint density at radius 2 is 1.72 bits per heavy atom. The summed E-state index contributed by atoms with van der Waals surface area (Å²) >= 11 is 0. The number of amides is 2. The molecule has 0 aliphatic carbocycles. The Bertz CT molecular complexity index is 919. The number of hydrogen-bond donors (Lipinski definition) is 1. The Morgan fingerprint density at radius 1 is 1.07 bits per heavy atom. The average molecular weight is 396 g/mol. The van der Waals surface area contributed by atoms with Gasteiger partial charge in [-0.1, -0.05) is 13.0 Å². The molecule has 1 N–H and O–H groups in total. The van der Waals surface area contributed by atoms with E-state index in [1.165, 1.54) is 12.1 Å². The second-order valence-electron chi connectivity index (χ2n) is 6.93. The van der Waals surface area contributed by atoms with Gasteiger partial charge in [-0.3, -0.25) is 19.7 Å². The van der Waals surface area contributed by atoms with Crippen molar-refractivity contribution in [2.24, 2.45) is 0 Å². The van der Waals surface area contributed by atoms with Gasteiger partial charge in [0, 0.05) is 61.2 Å². The molecule has 8 nitrogen and oxygen atoms in total. The standard InChI is InChI=1S/C21H24N4O4/c1-3-20(26)24-13-11-23(12-14-24)17-9-7-16(8-10-17)22-21(27)18-5-4-6-19(15(18)2)25(28)29/h4-10H,3,11-14H2,1-2H3,(H,22,27). The Morgan fingerprint density at radius 3 is 2.31 bits per heavy atom. The number of piperazine rings is 1.